The lowest BCUT2D eigenvalue weighted by Gasteiger charge is -2.36. The van der Waals surface area contributed by atoms with Crippen LogP contribution in [0, 0.1) is 0 Å². The maximum absolute atomic E-state index is 13.8. The van der Waals surface area contributed by atoms with Crippen molar-refractivity contribution in [3.63, 3.8) is 0 Å². The molecule has 0 aromatic heterocycles. The maximum atomic E-state index is 13.8. The molecule has 0 radical (unpaired) electrons. The van der Waals surface area contributed by atoms with E-state index in [-0.39, 0.29) is 37.9 Å². The lowest BCUT2D eigenvalue weighted by Crippen LogP contribution is -2.52. The lowest BCUT2D eigenvalue weighted by atomic mass is 10.1. The van der Waals surface area contributed by atoms with Gasteiger partial charge in [-0.15, -0.1) is 0 Å². The van der Waals surface area contributed by atoms with Crippen LogP contribution in [0.4, 0.5) is 11.4 Å². The Morgan fingerprint density at radius 2 is 1.62 bits per heavy atom. The Morgan fingerprint density at radius 3 is 2.35 bits per heavy atom. The molecule has 0 bridgehead atoms. The number of carbonyl (C=O) groups excluding carboxylic acids is 2. The second-order valence-electron chi connectivity index (χ2n) is 7.46. The van der Waals surface area contributed by atoms with E-state index in [1.54, 1.807) is 18.2 Å². The van der Waals surface area contributed by atoms with Crippen LogP contribution >= 0.6 is 34.8 Å². The fourth-order valence-electron chi connectivity index (χ4n) is 3.59. The van der Waals surface area contributed by atoms with Gasteiger partial charge in [-0.3, -0.25) is 13.9 Å². The van der Waals surface area contributed by atoms with Crippen molar-refractivity contribution in [2.45, 2.75) is 23.9 Å². The molecule has 11 heteroatoms. The molecule has 1 aliphatic rings. The molecular formula is C23H18Cl3N3O4S. The Morgan fingerprint density at radius 1 is 0.941 bits per heavy atom. The van der Waals surface area contributed by atoms with E-state index in [0.717, 1.165) is 9.87 Å². The van der Waals surface area contributed by atoms with E-state index in [1.165, 1.54) is 18.2 Å². The number of anilines is 2. The minimum absolute atomic E-state index is 0.0826. The summed E-state index contributed by atoms with van der Waals surface area (Å²) in [6.07, 6.45) is -0.412. The van der Waals surface area contributed by atoms with Gasteiger partial charge in [0.25, 0.3) is 10.0 Å². The van der Waals surface area contributed by atoms with Crippen LogP contribution in [0.1, 0.15) is 12.0 Å². The molecule has 4 rings (SSSR count). The molecule has 2 N–H and O–H groups in total. The molecule has 34 heavy (non-hydrogen) atoms. The van der Waals surface area contributed by atoms with Gasteiger partial charge in [0, 0.05) is 6.54 Å². The van der Waals surface area contributed by atoms with E-state index in [2.05, 4.69) is 10.6 Å². The molecule has 176 valence electrons. The zero-order valence-electron chi connectivity index (χ0n) is 17.5. The molecule has 0 aliphatic carbocycles. The Hall–Kier alpha value is -2.78. The van der Waals surface area contributed by atoms with Gasteiger partial charge >= 0.3 is 0 Å². The number of nitrogens with one attached hydrogen (secondary N) is 2. The molecule has 0 spiro atoms. The van der Waals surface area contributed by atoms with Gasteiger partial charge in [-0.25, -0.2) is 8.42 Å². The summed E-state index contributed by atoms with van der Waals surface area (Å²) in [7, 11) is -4.42. The molecule has 0 unspecified atom stereocenters. The molecule has 7 nitrogen and oxygen atoms in total. The summed E-state index contributed by atoms with van der Waals surface area (Å²) >= 11 is 18.3. The first-order valence-corrected chi connectivity index (χ1v) is 12.7. The van der Waals surface area contributed by atoms with Crippen LogP contribution in [0.5, 0.6) is 0 Å². The molecule has 1 aliphatic heterocycles. The van der Waals surface area contributed by atoms with Crippen molar-refractivity contribution in [3.8, 4) is 0 Å². The zero-order chi connectivity index (χ0) is 24.5. The highest BCUT2D eigenvalue weighted by molar-refractivity contribution is 7.93. The fourth-order valence-corrected chi connectivity index (χ4v) is 6.18. The Balaban J connectivity index is 1.71. The van der Waals surface area contributed by atoms with Crippen LogP contribution in [0.2, 0.25) is 15.1 Å². The van der Waals surface area contributed by atoms with Crippen molar-refractivity contribution in [2.75, 3.05) is 9.62 Å². The van der Waals surface area contributed by atoms with Crippen LogP contribution < -0.4 is 14.9 Å². The molecule has 3 aromatic carbocycles. The molecule has 1 heterocycles. The van der Waals surface area contributed by atoms with Gasteiger partial charge in [-0.05, 0) is 29.8 Å². The second-order valence-corrected chi connectivity index (χ2v) is 10.4. The highest BCUT2D eigenvalue weighted by Gasteiger charge is 2.43. The van der Waals surface area contributed by atoms with Gasteiger partial charge in [0.1, 0.15) is 10.9 Å². The van der Waals surface area contributed by atoms with Crippen LogP contribution in [0.25, 0.3) is 0 Å². The third-order valence-electron chi connectivity index (χ3n) is 5.23. The van der Waals surface area contributed by atoms with E-state index in [4.69, 9.17) is 34.8 Å². The Labute approximate surface area is 211 Å². The summed E-state index contributed by atoms with van der Waals surface area (Å²) in [5, 5.41) is 5.08. The number of carbonyl (C=O) groups is 2. The van der Waals surface area contributed by atoms with Crippen molar-refractivity contribution in [2.24, 2.45) is 0 Å². The summed E-state index contributed by atoms with van der Waals surface area (Å²) in [5.41, 5.74) is 1.35. The zero-order valence-corrected chi connectivity index (χ0v) is 20.5. The molecular weight excluding hydrogens is 521 g/mol. The summed E-state index contributed by atoms with van der Waals surface area (Å²) in [6, 6.07) is 16.8. The molecule has 1 atom stereocenters. The van der Waals surface area contributed by atoms with Gasteiger partial charge < -0.3 is 10.6 Å². The average Bonchev–Trinajstić information content (AvgIpc) is 2.82. The predicted molar refractivity (Wildman–Crippen MR) is 133 cm³/mol. The van der Waals surface area contributed by atoms with E-state index in [1.807, 2.05) is 30.3 Å². The third kappa shape index (κ3) is 4.72. The van der Waals surface area contributed by atoms with E-state index >= 15 is 0 Å². The maximum Gasteiger partial charge on any atom is 0.266 e. The van der Waals surface area contributed by atoms with Crippen molar-refractivity contribution in [1.29, 1.82) is 0 Å². The van der Waals surface area contributed by atoms with Crippen LogP contribution in [-0.4, -0.2) is 26.3 Å². The third-order valence-corrected chi connectivity index (χ3v) is 8.50. The van der Waals surface area contributed by atoms with Gasteiger partial charge in [-0.2, -0.15) is 0 Å². The lowest BCUT2D eigenvalue weighted by molar-refractivity contribution is -0.125. The first-order valence-electron chi connectivity index (χ1n) is 10.1. The highest BCUT2D eigenvalue weighted by Crippen LogP contribution is 2.41. The van der Waals surface area contributed by atoms with Crippen molar-refractivity contribution < 1.29 is 18.0 Å². The normalized spacial score (nSPS) is 15.4. The first-order chi connectivity index (χ1) is 16.2. The number of nitrogens with zero attached hydrogens (tertiary/aromatic N) is 1. The predicted octanol–water partition coefficient (Wildman–Crippen LogP) is 4.87. The Bertz CT molecular complexity index is 1370. The molecule has 2 amide bonds. The first kappa shape index (κ1) is 24.3. The SMILES string of the molecule is O=C(C[C@@H]1C(=O)Nc2ccccc2N1S(=O)(=O)c1ccc(Cl)c(Cl)c1Cl)NCc1ccccc1. The summed E-state index contributed by atoms with van der Waals surface area (Å²) < 4.78 is 28.5. The number of amides is 2. The van der Waals surface area contributed by atoms with Crippen molar-refractivity contribution in [1.82, 2.24) is 5.32 Å². The monoisotopic (exact) mass is 537 g/mol. The summed E-state index contributed by atoms with van der Waals surface area (Å²) in [6.45, 7) is 0.232. The number of hydrogen-bond donors (Lipinski definition) is 2. The fraction of sp³-hybridized carbons (Fsp3) is 0.130. The number of hydrogen-bond acceptors (Lipinski definition) is 4. The minimum atomic E-state index is -4.42. The molecule has 3 aromatic rings. The number of benzene rings is 3. The summed E-state index contributed by atoms with van der Waals surface area (Å²) in [5.74, 6) is -1.14. The largest absolute Gasteiger partial charge is 0.352 e. The second kappa shape index (κ2) is 9.84. The minimum Gasteiger partial charge on any atom is -0.352 e. The number of halogens is 3. The number of fused-ring (bicyclic) bond motifs is 1. The molecule has 0 saturated carbocycles. The highest BCUT2D eigenvalue weighted by atomic mass is 35.5. The topological polar surface area (TPSA) is 95.6 Å². The van der Waals surface area contributed by atoms with Crippen molar-refractivity contribution in [3.05, 3.63) is 87.4 Å². The molecule has 0 saturated heterocycles. The summed E-state index contributed by atoms with van der Waals surface area (Å²) in [4.78, 5) is 25.4. The van der Waals surface area contributed by atoms with E-state index in [9.17, 15) is 18.0 Å². The molecule has 0 fully saturated rings. The van der Waals surface area contributed by atoms with Gasteiger partial charge in [-0.1, -0.05) is 77.3 Å². The van der Waals surface area contributed by atoms with Crippen LogP contribution in [0.15, 0.2) is 71.6 Å². The van der Waals surface area contributed by atoms with E-state index < -0.39 is 34.3 Å². The van der Waals surface area contributed by atoms with Gasteiger partial charge in [0.15, 0.2) is 0 Å². The number of rotatable bonds is 6. The van der Waals surface area contributed by atoms with Crippen LogP contribution in [0.3, 0.4) is 0 Å². The quantitative estimate of drug-likeness (QED) is 0.438. The Kier molecular flexibility index (Phi) is 7.04. The average molecular weight is 539 g/mol. The van der Waals surface area contributed by atoms with Gasteiger partial charge in [0.2, 0.25) is 11.8 Å². The number of sulfonamides is 1. The van der Waals surface area contributed by atoms with Crippen LogP contribution in [-0.2, 0) is 26.2 Å². The number of para-hydroxylation sites is 2. The van der Waals surface area contributed by atoms with Gasteiger partial charge in [0.05, 0.1) is 32.9 Å². The smallest absolute Gasteiger partial charge is 0.266 e. The van der Waals surface area contributed by atoms with E-state index in [0.29, 0.717) is 0 Å². The van der Waals surface area contributed by atoms with Crippen molar-refractivity contribution >= 4 is 68.0 Å². The standard InChI is InChI=1S/C23H18Cl3N3O4S/c24-15-10-11-19(22(26)21(15)25)34(32,33)29-17-9-5-4-8-16(17)28-23(31)18(29)12-20(30)27-13-14-6-2-1-3-7-14/h1-11,18H,12-13H2,(H,27,30)(H,28,31)/t18-/m1/s1.